The zero-order valence-electron chi connectivity index (χ0n) is 13.1. The van der Waals surface area contributed by atoms with Gasteiger partial charge in [0.1, 0.15) is 0 Å². The molecular weight excluding hydrogens is 347 g/mol. The van der Waals surface area contributed by atoms with Crippen LogP contribution in [0.4, 0.5) is 0 Å². The first-order valence-corrected chi connectivity index (χ1v) is 9.75. The van der Waals surface area contributed by atoms with E-state index in [4.69, 9.17) is 4.55 Å². The summed E-state index contributed by atoms with van der Waals surface area (Å²) in [5, 5.41) is 3.96. The number of hydrogen-bond acceptors (Lipinski definition) is 4. The Morgan fingerprint density at radius 2 is 2.09 bits per heavy atom. The molecule has 1 heterocycles. The molecule has 1 atom stereocenters. The normalized spacial score (nSPS) is 12.6. The summed E-state index contributed by atoms with van der Waals surface area (Å²) in [5.74, 6) is -0.201. The second-order valence-electron chi connectivity index (χ2n) is 5.03. The van der Waals surface area contributed by atoms with Crippen molar-refractivity contribution in [1.82, 2.24) is 10.3 Å². The van der Waals surface area contributed by atoms with Gasteiger partial charge in [-0.1, -0.05) is 18.2 Å². The number of rotatable bonds is 7. The number of H-pyrrole nitrogens is 1. The first-order valence-electron chi connectivity index (χ1n) is 6.81. The molecule has 1 amide bonds. The maximum Gasteiger partial charge on any atom is 1.00 e. The van der Waals surface area contributed by atoms with Crippen LogP contribution in [-0.2, 0) is 20.4 Å². The molecule has 0 aliphatic carbocycles. The maximum atomic E-state index is 11.7. The number of aromatic amines is 1. The molecule has 1 aromatic carbocycles. The molecule has 0 aliphatic heterocycles. The van der Waals surface area contributed by atoms with E-state index in [0.717, 1.165) is 16.5 Å². The Hall–Kier alpha value is -0.510. The maximum absolute atomic E-state index is 11.7. The average molecular weight is 365 g/mol. The zero-order valence-corrected chi connectivity index (χ0v) is 16.7. The minimum absolute atomic E-state index is 0. The van der Waals surface area contributed by atoms with Crippen LogP contribution >= 0.6 is 10.8 Å². The molecule has 0 saturated carbocycles. The first-order chi connectivity index (χ1) is 10.3. The number of carbonyl (C=O) groups excluding carboxylic acids is 1. The summed E-state index contributed by atoms with van der Waals surface area (Å²) in [4.78, 5) is 14.9. The Morgan fingerprint density at radius 3 is 2.78 bits per heavy atom. The van der Waals surface area contributed by atoms with Crippen molar-refractivity contribution in [1.29, 1.82) is 0 Å². The van der Waals surface area contributed by atoms with Crippen molar-refractivity contribution < 1.29 is 47.3 Å². The monoisotopic (exact) mass is 365 g/mol. The number of carbonyl (C=O) groups is 1. The van der Waals surface area contributed by atoms with Crippen LogP contribution in [-0.4, -0.2) is 35.7 Å². The molecule has 3 N–H and O–H groups in total. The minimum atomic E-state index is -4.08. The average Bonchev–Trinajstić information content (AvgIpc) is 2.80. The van der Waals surface area contributed by atoms with Crippen molar-refractivity contribution in [3.05, 3.63) is 36.0 Å². The molecule has 2 rings (SSSR count). The predicted molar refractivity (Wildman–Crippen MR) is 88.2 cm³/mol. The first kappa shape index (κ1) is 20.5. The Morgan fingerprint density at radius 1 is 1.39 bits per heavy atom. The third-order valence-electron chi connectivity index (χ3n) is 3.17. The third-order valence-corrected chi connectivity index (χ3v) is 5.23. The quantitative estimate of drug-likeness (QED) is 0.337. The molecular formula is C14H18N2NaO4S2+. The minimum Gasteiger partial charge on any atom is -0.361 e. The number of fused-ring (bicyclic) bond motifs is 1. The van der Waals surface area contributed by atoms with Gasteiger partial charge in [-0.25, -0.2) is 0 Å². The van der Waals surface area contributed by atoms with E-state index < -0.39 is 9.15 Å². The van der Waals surface area contributed by atoms with Gasteiger partial charge in [-0.3, -0.25) is 9.35 Å². The fraction of sp³-hybridized carbons (Fsp3) is 0.357. The fourth-order valence-electron chi connectivity index (χ4n) is 2.27. The van der Waals surface area contributed by atoms with E-state index in [0.29, 0.717) is 17.2 Å². The Kier molecular flexibility index (Phi) is 8.12. The van der Waals surface area contributed by atoms with Gasteiger partial charge in [-0.15, -0.1) is 0 Å². The third kappa shape index (κ3) is 6.86. The van der Waals surface area contributed by atoms with Gasteiger partial charge in [-0.05, 0) is 35.8 Å². The van der Waals surface area contributed by atoms with Crippen LogP contribution in [0.3, 0.4) is 0 Å². The molecule has 9 heteroatoms. The second-order valence-corrected chi connectivity index (χ2v) is 8.50. The van der Waals surface area contributed by atoms with Gasteiger partial charge in [0.2, 0.25) is 5.91 Å². The molecule has 1 unspecified atom stereocenters. The summed E-state index contributed by atoms with van der Waals surface area (Å²) in [6, 6.07) is 7.88. The Bertz CT molecular complexity index is 761. The molecule has 6 nitrogen and oxygen atoms in total. The zero-order chi connectivity index (χ0) is 16.2. The molecule has 23 heavy (non-hydrogen) atoms. The largest absolute Gasteiger partial charge is 1.00 e. The predicted octanol–water partition coefficient (Wildman–Crippen LogP) is -0.855. The fourth-order valence-corrected chi connectivity index (χ4v) is 3.63. The SMILES string of the molecule is CC(Cc1c[nH]c2ccccc12)NC(=O)CCSS(=O)(=O)O.[Na+]. The van der Waals surface area contributed by atoms with Crippen LogP contribution in [0.15, 0.2) is 30.5 Å². The number of benzene rings is 1. The van der Waals surface area contributed by atoms with Crippen molar-refractivity contribution in [2.45, 2.75) is 25.8 Å². The summed E-state index contributed by atoms with van der Waals surface area (Å²) in [7, 11) is -3.72. The molecule has 0 saturated heterocycles. The number of nitrogens with one attached hydrogen (secondary N) is 2. The number of amides is 1. The number of hydrogen-bond donors (Lipinski definition) is 3. The smallest absolute Gasteiger partial charge is 0.361 e. The molecule has 0 spiro atoms. The molecule has 120 valence electrons. The van der Waals surface area contributed by atoms with Crippen molar-refractivity contribution >= 4 is 36.8 Å². The molecule has 0 radical (unpaired) electrons. The van der Waals surface area contributed by atoms with E-state index in [9.17, 15) is 13.2 Å². The summed E-state index contributed by atoms with van der Waals surface area (Å²) in [6.45, 7) is 1.90. The van der Waals surface area contributed by atoms with Crippen LogP contribution in [0.5, 0.6) is 0 Å². The summed E-state index contributed by atoms with van der Waals surface area (Å²) >= 11 is 0. The van der Waals surface area contributed by atoms with Crippen LogP contribution in [0.1, 0.15) is 18.9 Å². The standard InChI is InChI=1S/C14H18N2O4S2.Na/c1-10(16-14(17)6-7-21-22(18,19)20)8-11-9-15-13-5-3-2-4-12(11)13;/h2-5,9-10,15H,6-8H2,1H3,(H,16,17)(H,18,19,20);/q;+1. The van der Waals surface area contributed by atoms with Crippen LogP contribution in [0, 0.1) is 0 Å². The van der Waals surface area contributed by atoms with Gasteiger partial charge < -0.3 is 10.3 Å². The summed E-state index contributed by atoms with van der Waals surface area (Å²) < 4.78 is 29.7. The van der Waals surface area contributed by atoms with Gasteiger partial charge in [0.15, 0.2) is 0 Å². The van der Waals surface area contributed by atoms with Crippen LogP contribution < -0.4 is 34.9 Å². The van der Waals surface area contributed by atoms with Gasteiger partial charge in [0, 0.05) is 35.3 Å². The summed E-state index contributed by atoms with van der Waals surface area (Å²) in [6.07, 6.45) is 2.66. The second kappa shape index (κ2) is 9.10. The summed E-state index contributed by atoms with van der Waals surface area (Å²) in [5.41, 5.74) is 2.18. The van der Waals surface area contributed by atoms with E-state index in [1.807, 2.05) is 37.4 Å². The van der Waals surface area contributed by atoms with E-state index in [1.54, 1.807) is 0 Å². The van der Waals surface area contributed by atoms with Crippen LogP contribution in [0.2, 0.25) is 0 Å². The van der Waals surface area contributed by atoms with Gasteiger partial charge in [0.05, 0.1) is 0 Å². The van der Waals surface area contributed by atoms with Crippen molar-refractivity contribution in [2.75, 3.05) is 5.75 Å². The Balaban J connectivity index is 0.00000264. The molecule has 0 bridgehead atoms. The molecule has 2 aromatic rings. The van der Waals surface area contributed by atoms with Crippen molar-refractivity contribution in [3.63, 3.8) is 0 Å². The van der Waals surface area contributed by atoms with Crippen molar-refractivity contribution in [2.24, 2.45) is 0 Å². The number of aromatic nitrogens is 1. The van der Waals surface area contributed by atoms with E-state index >= 15 is 0 Å². The van der Waals surface area contributed by atoms with Gasteiger partial charge in [-0.2, -0.15) is 8.42 Å². The van der Waals surface area contributed by atoms with Gasteiger partial charge in [0.25, 0.3) is 0 Å². The van der Waals surface area contributed by atoms with Crippen molar-refractivity contribution in [3.8, 4) is 0 Å². The Labute approximate surface area is 161 Å². The van der Waals surface area contributed by atoms with Crippen LogP contribution in [0.25, 0.3) is 10.9 Å². The van der Waals surface area contributed by atoms with E-state index in [-0.39, 0.29) is 53.7 Å². The van der Waals surface area contributed by atoms with E-state index in [1.165, 1.54) is 0 Å². The molecule has 0 fully saturated rings. The van der Waals surface area contributed by atoms with E-state index in [2.05, 4.69) is 10.3 Å². The number of para-hydroxylation sites is 1. The molecule has 0 aliphatic rings. The molecule has 1 aromatic heterocycles. The van der Waals surface area contributed by atoms with Gasteiger partial charge >= 0.3 is 38.7 Å². The topological polar surface area (TPSA) is 99.3 Å².